The Morgan fingerprint density at radius 1 is 1.29 bits per heavy atom. The number of hydrogen-bond donors (Lipinski definition) is 1. The summed E-state index contributed by atoms with van der Waals surface area (Å²) >= 11 is 6.05. The fourth-order valence-corrected chi connectivity index (χ4v) is 2.48. The van der Waals surface area contributed by atoms with E-state index in [0.29, 0.717) is 22.0 Å². The number of hydrogen-bond acceptors (Lipinski definition) is 2. The van der Waals surface area contributed by atoms with Crippen LogP contribution in [0.15, 0.2) is 24.3 Å². The SMILES string of the molecule is Cc1nn(C)c(Cl)c1C(O)Cc1ccc(C(F)(F)F)cc1. The molecule has 21 heavy (non-hydrogen) atoms. The van der Waals surface area contributed by atoms with E-state index in [1.54, 1.807) is 14.0 Å². The lowest BCUT2D eigenvalue weighted by molar-refractivity contribution is -0.137. The number of rotatable bonds is 3. The largest absolute Gasteiger partial charge is 0.416 e. The highest BCUT2D eigenvalue weighted by molar-refractivity contribution is 6.30. The van der Waals surface area contributed by atoms with Gasteiger partial charge in [0.1, 0.15) is 5.15 Å². The molecule has 0 amide bonds. The van der Waals surface area contributed by atoms with Gasteiger partial charge in [0.15, 0.2) is 0 Å². The fraction of sp³-hybridized carbons (Fsp3) is 0.357. The minimum Gasteiger partial charge on any atom is -0.388 e. The van der Waals surface area contributed by atoms with E-state index in [9.17, 15) is 18.3 Å². The summed E-state index contributed by atoms with van der Waals surface area (Å²) in [5.41, 5.74) is 0.979. The van der Waals surface area contributed by atoms with Crippen molar-refractivity contribution in [3.05, 3.63) is 51.8 Å². The first-order valence-corrected chi connectivity index (χ1v) is 6.61. The molecule has 1 atom stereocenters. The normalized spacial score (nSPS) is 13.5. The van der Waals surface area contributed by atoms with Crippen molar-refractivity contribution >= 4 is 11.6 Å². The summed E-state index contributed by atoms with van der Waals surface area (Å²) in [6.45, 7) is 1.72. The highest BCUT2D eigenvalue weighted by Crippen LogP contribution is 2.31. The number of halogens is 4. The Hall–Kier alpha value is -1.53. The minimum atomic E-state index is -4.36. The summed E-state index contributed by atoms with van der Waals surface area (Å²) < 4.78 is 38.9. The molecule has 0 bridgehead atoms. The first-order chi connectivity index (χ1) is 9.70. The van der Waals surface area contributed by atoms with Gasteiger partial charge in [0.2, 0.25) is 0 Å². The number of nitrogens with zero attached hydrogens (tertiary/aromatic N) is 2. The summed E-state index contributed by atoms with van der Waals surface area (Å²) in [7, 11) is 1.66. The van der Waals surface area contributed by atoms with E-state index in [2.05, 4.69) is 5.10 Å². The van der Waals surface area contributed by atoms with Gasteiger partial charge in [-0.2, -0.15) is 18.3 Å². The van der Waals surface area contributed by atoms with E-state index in [0.717, 1.165) is 12.1 Å². The molecular weight excluding hydrogens is 305 g/mol. The van der Waals surface area contributed by atoms with Crippen molar-refractivity contribution in [2.45, 2.75) is 25.6 Å². The highest BCUT2D eigenvalue weighted by atomic mass is 35.5. The van der Waals surface area contributed by atoms with E-state index in [4.69, 9.17) is 11.6 Å². The van der Waals surface area contributed by atoms with Crippen LogP contribution in [0.25, 0.3) is 0 Å². The molecule has 0 fully saturated rings. The molecule has 1 N–H and O–H groups in total. The number of alkyl halides is 3. The molecule has 1 unspecified atom stereocenters. The fourth-order valence-electron chi connectivity index (χ4n) is 2.18. The summed E-state index contributed by atoms with van der Waals surface area (Å²) in [6.07, 6.45) is -5.10. The summed E-state index contributed by atoms with van der Waals surface area (Å²) in [6, 6.07) is 4.71. The van der Waals surface area contributed by atoms with E-state index in [1.807, 2.05) is 0 Å². The van der Waals surface area contributed by atoms with Crippen LogP contribution in [0, 0.1) is 6.92 Å². The third kappa shape index (κ3) is 3.39. The number of aromatic nitrogens is 2. The first kappa shape index (κ1) is 15.9. The third-order valence-electron chi connectivity index (χ3n) is 3.24. The second-order valence-corrected chi connectivity index (χ2v) is 5.19. The molecule has 0 aliphatic rings. The number of aliphatic hydroxyl groups is 1. The molecule has 0 saturated carbocycles. The van der Waals surface area contributed by atoms with Crippen LogP contribution in [-0.2, 0) is 19.6 Å². The molecule has 2 rings (SSSR count). The Bertz CT molecular complexity index is 635. The standard InChI is InChI=1S/C14H14ClF3N2O/c1-8-12(13(15)20(2)19-8)11(21)7-9-3-5-10(6-4-9)14(16,17)18/h3-6,11,21H,7H2,1-2H3. The van der Waals surface area contributed by atoms with Crippen molar-refractivity contribution in [3.63, 3.8) is 0 Å². The van der Waals surface area contributed by atoms with Crippen molar-refractivity contribution in [1.82, 2.24) is 9.78 Å². The Morgan fingerprint density at radius 2 is 1.86 bits per heavy atom. The van der Waals surface area contributed by atoms with Gasteiger partial charge in [-0.05, 0) is 24.6 Å². The van der Waals surface area contributed by atoms with Gasteiger partial charge in [-0.3, -0.25) is 4.68 Å². The van der Waals surface area contributed by atoms with Crippen LogP contribution in [-0.4, -0.2) is 14.9 Å². The van der Waals surface area contributed by atoms with Crippen LogP contribution < -0.4 is 0 Å². The average Bonchev–Trinajstić information content (AvgIpc) is 2.62. The summed E-state index contributed by atoms with van der Waals surface area (Å²) in [5.74, 6) is 0. The zero-order chi connectivity index (χ0) is 15.8. The van der Waals surface area contributed by atoms with Crippen molar-refractivity contribution in [2.24, 2.45) is 7.05 Å². The molecule has 0 aliphatic heterocycles. The smallest absolute Gasteiger partial charge is 0.388 e. The Balaban J connectivity index is 2.18. The van der Waals surface area contributed by atoms with Gasteiger partial charge in [-0.15, -0.1) is 0 Å². The second kappa shape index (κ2) is 5.69. The van der Waals surface area contributed by atoms with Crippen LogP contribution in [0.5, 0.6) is 0 Å². The Labute approximate surface area is 125 Å². The summed E-state index contributed by atoms with van der Waals surface area (Å²) in [4.78, 5) is 0. The Morgan fingerprint density at radius 3 is 2.29 bits per heavy atom. The first-order valence-electron chi connectivity index (χ1n) is 6.23. The van der Waals surface area contributed by atoms with Crippen molar-refractivity contribution < 1.29 is 18.3 Å². The quantitative estimate of drug-likeness (QED) is 0.937. The topological polar surface area (TPSA) is 38.0 Å². The van der Waals surface area contributed by atoms with Gasteiger partial charge in [0, 0.05) is 19.0 Å². The van der Waals surface area contributed by atoms with Gasteiger partial charge in [0.05, 0.1) is 17.4 Å². The van der Waals surface area contributed by atoms with E-state index in [-0.39, 0.29) is 6.42 Å². The van der Waals surface area contributed by atoms with Crippen molar-refractivity contribution in [3.8, 4) is 0 Å². The molecule has 0 saturated heterocycles. The lowest BCUT2D eigenvalue weighted by atomic mass is 10.0. The van der Waals surface area contributed by atoms with Gasteiger partial charge in [-0.1, -0.05) is 23.7 Å². The molecule has 2 aromatic rings. The average molecular weight is 319 g/mol. The predicted octanol–water partition coefficient (Wildman–Crippen LogP) is 3.68. The van der Waals surface area contributed by atoms with Crippen LogP contribution in [0.4, 0.5) is 13.2 Å². The van der Waals surface area contributed by atoms with Gasteiger partial charge in [-0.25, -0.2) is 0 Å². The lowest BCUT2D eigenvalue weighted by Crippen LogP contribution is -2.06. The van der Waals surface area contributed by atoms with Crippen molar-refractivity contribution in [2.75, 3.05) is 0 Å². The monoisotopic (exact) mass is 318 g/mol. The number of aliphatic hydroxyl groups excluding tert-OH is 1. The lowest BCUT2D eigenvalue weighted by Gasteiger charge is -2.12. The third-order valence-corrected chi connectivity index (χ3v) is 3.69. The maximum atomic E-state index is 12.5. The van der Waals surface area contributed by atoms with Crippen LogP contribution in [0.2, 0.25) is 5.15 Å². The van der Waals surface area contributed by atoms with Gasteiger partial charge >= 0.3 is 6.18 Å². The predicted molar refractivity (Wildman–Crippen MR) is 73.1 cm³/mol. The highest BCUT2D eigenvalue weighted by Gasteiger charge is 2.30. The summed E-state index contributed by atoms with van der Waals surface area (Å²) in [5, 5.41) is 14.6. The number of aryl methyl sites for hydroxylation is 2. The Kier molecular flexibility index (Phi) is 4.30. The van der Waals surface area contributed by atoms with E-state index < -0.39 is 17.8 Å². The molecule has 0 aliphatic carbocycles. The second-order valence-electron chi connectivity index (χ2n) is 4.83. The van der Waals surface area contributed by atoms with Crippen LogP contribution in [0.1, 0.15) is 28.5 Å². The zero-order valence-electron chi connectivity index (χ0n) is 11.4. The molecule has 1 heterocycles. The number of benzene rings is 1. The molecule has 3 nitrogen and oxygen atoms in total. The van der Waals surface area contributed by atoms with E-state index in [1.165, 1.54) is 16.8 Å². The zero-order valence-corrected chi connectivity index (χ0v) is 12.2. The maximum absolute atomic E-state index is 12.5. The van der Waals surface area contributed by atoms with E-state index >= 15 is 0 Å². The minimum absolute atomic E-state index is 0.171. The molecule has 114 valence electrons. The molecule has 0 radical (unpaired) electrons. The van der Waals surface area contributed by atoms with Gasteiger partial charge < -0.3 is 5.11 Å². The van der Waals surface area contributed by atoms with Gasteiger partial charge in [0.25, 0.3) is 0 Å². The molecule has 0 spiro atoms. The van der Waals surface area contributed by atoms with Crippen LogP contribution in [0.3, 0.4) is 0 Å². The molecular formula is C14H14ClF3N2O. The molecule has 1 aromatic heterocycles. The molecule has 7 heteroatoms. The van der Waals surface area contributed by atoms with Crippen molar-refractivity contribution in [1.29, 1.82) is 0 Å². The maximum Gasteiger partial charge on any atom is 0.416 e. The van der Waals surface area contributed by atoms with Crippen LogP contribution >= 0.6 is 11.6 Å². The molecule has 1 aromatic carbocycles.